The Morgan fingerprint density at radius 2 is 1.93 bits per heavy atom. The van der Waals surface area contributed by atoms with Crippen LogP contribution < -0.4 is 5.32 Å². The lowest BCUT2D eigenvalue weighted by atomic mass is 10.0. The van der Waals surface area contributed by atoms with Crippen molar-refractivity contribution in [3.8, 4) is 0 Å². The number of rotatable bonds is 7. The van der Waals surface area contributed by atoms with Crippen molar-refractivity contribution in [2.24, 2.45) is 0 Å². The molecular weight excluding hydrogens is 176 g/mol. The number of nitrogens with one attached hydrogen (secondary N) is 1. The van der Waals surface area contributed by atoms with Crippen LogP contribution in [0.2, 0.25) is 0 Å². The molecule has 0 aromatic heterocycles. The summed E-state index contributed by atoms with van der Waals surface area (Å²) in [4.78, 5) is 2.35. The maximum Gasteiger partial charge on any atom is 0.0623 e. The highest BCUT2D eigenvalue weighted by atomic mass is 16.3. The van der Waals surface area contributed by atoms with Crippen LogP contribution in [0.4, 0.5) is 0 Å². The van der Waals surface area contributed by atoms with E-state index in [0.717, 1.165) is 19.6 Å². The first kappa shape index (κ1) is 12.0. The molecule has 1 aliphatic rings. The highest BCUT2D eigenvalue weighted by Gasteiger charge is 2.32. The van der Waals surface area contributed by atoms with Crippen LogP contribution in [-0.2, 0) is 0 Å². The number of aliphatic hydroxyl groups is 1. The summed E-state index contributed by atoms with van der Waals surface area (Å²) in [6, 6.07) is 0.655. The van der Waals surface area contributed by atoms with Crippen molar-refractivity contribution < 1.29 is 5.11 Å². The van der Waals surface area contributed by atoms with Gasteiger partial charge in [-0.1, -0.05) is 13.8 Å². The minimum atomic E-state index is -0.118. The maximum atomic E-state index is 9.41. The molecule has 0 aromatic rings. The molecule has 1 rings (SSSR count). The number of likely N-dealkylation sites (N-methyl/N-ethyl adjacent to an activating group) is 1. The van der Waals surface area contributed by atoms with E-state index in [1.54, 1.807) is 0 Å². The van der Waals surface area contributed by atoms with Gasteiger partial charge in [0.15, 0.2) is 0 Å². The molecule has 1 unspecified atom stereocenters. The first-order chi connectivity index (χ1) is 6.63. The molecule has 1 fully saturated rings. The number of hydrogen-bond donors (Lipinski definition) is 2. The quantitative estimate of drug-likeness (QED) is 0.639. The average Bonchev–Trinajstić information content (AvgIpc) is 2.98. The third-order valence-electron chi connectivity index (χ3n) is 2.95. The molecule has 1 aliphatic carbocycles. The molecular formula is C11H24N2O. The highest BCUT2D eigenvalue weighted by molar-refractivity contribution is 4.94. The van der Waals surface area contributed by atoms with Gasteiger partial charge in [-0.3, -0.25) is 0 Å². The zero-order valence-electron chi connectivity index (χ0n) is 9.71. The van der Waals surface area contributed by atoms with Crippen LogP contribution in [0.3, 0.4) is 0 Å². The lowest BCUT2D eigenvalue weighted by Crippen LogP contribution is -2.54. The summed E-state index contributed by atoms with van der Waals surface area (Å²) in [5.41, 5.74) is -0.118. The number of nitrogens with zero attached hydrogens (tertiary/aromatic N) is 1. The molecule has 3 heteroatoms. The smallest absolute Gasteiger partial charge is 0.0623 e. The minimum absolute atomic E-state index is 0.118. The Morgan fingerprint density at radius 1 is 1.36 bits per heavy atom. The van der Waals surface area contributed by atoms with Gasteiger partial charge in [0.05, 0.1) is 12.1 Å². The van der Waals surface area contributed by atoms with Gasteiger partial charge < -0.3 is 15.3 Å². The zero-order chi connectivity index (χ0) is 10.6. The largest absolute Gasteiger partial charge is 0.394 e. The van der Waals surface area contributed by atoms with E-state index in [2.05, 4.69) is 31.0 Å². The van der Waals surface area contributed by atoms with Gasteiger partial charge in [-0.05, 0) is 32.9 Å². The topological polar surface area (TPSA) is 35.5 Å². The van der Waals surface area contributed by atoms with Crippen molar-refractivity contribution in [1.82, 2.24) is 10.2 Å². The third kappa shape index (κ3) is 3.56. The second kappa shape index (κ2) is 5.10. The number of aliphatic hydroxyl groups excluding tert-OH is 1. The van der Waals surface area contributed by atoms with E-state index in [9.17, 15) is 5.11 Å². The van der Waals surface area contributed by atoms with Gasteiger partial charge >= 0.3 is 0 Å². The van der Waals surface area contributed by atoms with Gasteiger partial charge in [0.2, 0.25) is 0 Å². The Kier molecular flexibility index (Phi) is 4.35. The van der Waals surface area contributed by atoms with Crippen molar-refractivity contribution in [2.45, 2.75) is 45.2 Å². The van der Waals surface area contributed by atoms with Gasteiger partial charge in [0, 0.05) is 12.6 Å². The summed E-state index contributed by atoms with van der Waals surface area (Å²) in [5.74, 6) is 0. The second-order valence-electron chi connectivity index (χ2n) is 4.60. The van der Waals surface area contributed by atoms with Crippen molar-refractivity contribution in [3.05, 3.63) is 0 Å². The Hall–Kier alpha value is -0.120. The molecule has 84 valence electrons. The fourth-order valence-electron chi connectivity index (χ4n) is 1.80. The Morgan fingerprint density at radius 3 is 2.29 bits per heavy atom. The van der Waals surface area contributed by atoms with Crippen molar-refractivity contribution >= 4 is 0 Å². The van der Waals surface area contributed by atoms with Crippen LogP contribution in [0, 0.1) is 0 Å². The van der Waals surface area contributed by atoms with Gasteiger partial charge in [-0.15, -0.1) is 0 Å². The SMILES string of the molecule is CCN(CC)CC(C)(CO)NC1CC1. The molecule has 0 bridgehead atoms. The van der Waals surface area contributed by atoms with Crippen LogP contribution in [0.15, 0.2) is 0 Å². The summed E-state index contributed by atoms with van der Waals surface area (Å²) in [5, 5.41) is 12.9. The van der Waals surface area contributed by atoms with E-state index in [0.29, 0.717) is 6.04 Å². The van der Waals surface area contributed by atoms with Gasteiger partial charge in [-0.25, -0.2) is 0 Å². The van der Waals surface area contributed by atoms with Crippen molar-refractivity contribution in [1.29, 1.82) is 0 Å². The first-order valence-electron chi connectivity index (χ1n) is 5.74. The standard InChI is InChI=1S/C11H24N2O/c1-4-13(5-2)8-11(3,9-14)12-10-6-7-10/h10,12,14H,4-9H2,1-3H3. The molecule has 0 heterocycles. The van der Waals surface area contributed by atoms with Gasteiger partial charge in [0.25, 0.3) is 0 Å². The van der Waals surface area contributed by atoms with Crippen LogP contribution >= 0.6 is 0 Å². The van der Waals surface area contributed by atoms with Gasteiger partial charge in [-0.2, -0.15) is 0 Å². The van der Waals surface area contributed by atoms with Crippen LogP contribution in [0.5, 0.6) is 0 Å². The molecule has 0 spiro atoms. The van der Waals surface area contributed by atoms with Crippen LogP contribution in [0.25, 0.3) is 0 Å². The lowest BCUT2D eigenvalue weighted by molar-refractivity contribution is 0.123. The predicted octanol–water partition coefficient (Wildman–Crippen LogP) is 0.831. The van der Waals surface area contributed by atoms with E-state index >= 15 is 0 Å². The Bertz CT molecular complexity index is 167. The third-order valence-corrected chi connectivity index (χ3v) is 2.95. The molecule has 1 saturated carbocycles. The molecule has 0 aliphatic heterocycles. The van der Waals surface area contributed by atoms with E-state index in [4.69, 9.17) is 0 Å². The predicted molar refractivity (Wildman–Crippen MR) is 59.4 cm³/mol. The highest BCUT2D eigenvalue weighted by Crippen LogP contribution is 2.22. The Labute approximate surface area is 87.5 Å². The average molecular weight is 200 g/mol. The van der Waals surface area contributed by atoms with E-state index < -0.39 is 0 Å². The monoisotopic (exact) mass is 200 g/mol. The van der Waals surface area contributed by atoms with E-state index in [1.807, 2.05) is 0 Å². The summed E-state index contributed by atoms with van der Waals surface area (Å²) in [6.07, 6.45) is 2.54. The normalized spacial score (nSPS) is 21.2. The first-order valence-corrected chi connectivity index (χ1v) is 5.74. The zero-order valence-corrected chi connectivity index (χ0v) is 9.71. The summed E-state index contributed by atoms with van der Waals surface area (Å²) < 4.78 is 0. The molecule has 1 atom stereocenters. The fraction of sp³-hybridized carbons (Fsp3) is 1.00. The van der Waals surface area contributed by atoms with Crippen molar-refractivity contribution in [3.63, 3.8) is 0 Å². The molecule has 3 nitrogen and oxygen atoms in total. The summed E-state index contributed by atoms with van der Waals surface area (Å²) in [6.45, 7) is 9.71. The van der Waals surface area contributed by atoms with E-state index in [-0.39, 0.29) is 12.1 Å². The minimum Gasteiger partial charge on any atom is -0.394 e. The molecule has 0 amide bonds. The second-order valence-corrected chi connectivity index (χ2v) is 4.60. The molecule has 0 aromatic carbocycles. The molecule has 0 saturated heterocycles. The molecule has 14 heavy (non-hydrogen) atoms. The van der Waals surface area contributed by atoms with Crippen LogP contribution in [-0.4, -0.2) is 47.8 Å². The number of hydrogen-bond acceptors (Lipinski definition) is 3. The fourth-order valence-corrected chi connectivity index (χ4v) is 1.80. The molecule has 2 N–H and O–H groups in total. The summed E-state index contributed by atoms with van der Waals surface area (Å²) >= 11 is 0. The summed E-state index contributed by atoms with van der Waals surface area (Å²) in [7, 11) is 0. The Balaban J connectivity index is 2.40. The lowest BCUT2D eigenvalue weighted by Gasteiger charge is -2.34. The van der Waals surface area contributed by atoms with E-state index in [1.165, 1.54) is 12.8 Å². The molecule has 0 radical (unpaired) electrons. The van der Waals surface area contributed by atoms with Crippen molar-refractivity contribution in [2.75, 3.05) is 26.2 Å². The van der Waals surface area contributed by atoms with Gasteiger partial charge in [0.1, 0.15) is 0 Å². The maximum absolute atomic E-state index is 9.41. The van der Waals surface area contributed by atoms with Crippen LogP contribution in [0.1, 0.15) is 33.6 Å².